The van der Waals surface area contributed by atoms with E-state index >= 15 is 0 Å². The van der Waals surface area contributed by atoms with Gasteiger partial charge in [-0.25, -0.2) is 9.00 Å². The maximum Gasteiger partial charge on any atom is 0.336 e. The Morgan fingerprint density at radius 2 is 1.70 bits per heavy atom. The number of carboxylic acids is 1. The van der Waals surface area contributed by atoms with E-state index in [1.807, 2.05) is 36.4 Å². The van der Waals surface area contributed by atoms with Crippen molar-refractivity contribution in [2.75, 3.05) is 11.0 Å². The van der Waals surface area contributed by atoms with Gasteiger partial charge in [0, 0.05) is 28.6 Å². The van der Waals surface area contributed by atoms with Crippen molar-refractivity contribution in [1.82, 2.24) is 0 Å². The highest BCUT2D eigenvalue weighted by Gasteiger charge is 2.15. The second-order valence-corrected chi connectivity index (χ2v) is 6.90. The molecule has 0 bridgehead atoms. The van der Waals surface area contributed by atoms with Crippen molar-refractivity contribution in [3.63, 3.8) is 0 Å². The average Bonchev–Trinajstić information content (AvgIpc) is 2.66. The van der Waals surface area contributed by atoms with Gasteiger partial charge in [0.15, 0.2) is 0 Å². The van der Waals surface area contributed by atoms with E-state index in [0.717, 1.165) is 5.56 Å². The average molecular weight is 375 g/mol. The molecule has 2 N–H and O–H groups in total. The van der Waals surface area contributed by atoms with Crippen LogP contribution in [0.1, 0.15) is 21.5 Å². The number of aromatic carboxylic acids is 1. The SMILES string of the molecule is CS(=O)Nc1cccc(-c2c(C#Cc3ccccc3)cccc2C(=O)O)c1. The Bertz CT molecular complexity index is 1070. The first-order chi connectivity index (χ1) is 13.0. The van der Waals surface area contributed by atoms with Gasteiger partial charge in [0.25, 0.3) is 0 Å². The van der Waals surface area contributed by atoms with Gasteiger partial charge in [-0.1, -0.05) is 48.2 Å². The zero-order valence-electron chi connectivity index (χ0n) is 14.6. The Labute approximate surface area is 160 Å². The smallest absolute Gasteiger partial charge is 0.336 e. The summed E-state index contributed by atoms with van der Waals surface area (Å²) in [5, 5.41) is 9.64. The van der Waals surface area contributed by atoms with Crippen LogP contribution >= 0.6 is 0 Å². The van der Waals surface area contributed by atoms with Gasteiger partial charge in [0.05, 0.1) is 5.56 Å². The monoisotopic (exact) mass is 375 g/mol. The molecule has 0 saturated carbocycles. The van der Waals surface area contributed by atoms with E-state index in [2.05, 4.69) is 16.6 Å². The second kappa shape index (κ2) is 8.35. The molecule has 0 radical (unpaired) electrons. The van der Waals surface area contributed by atoms with Gasteiger partial charge in [-0.15, -0.1) is 0 Å². The maximum absolute atomic E-state index is 11.8. The molecule has 0 spiro atoms. The number of anilines is 1. The largest absolute Gasteiger partial charge is 0.478 e. The van der Waals surface area contributed by atoms with Gasteiger partial charge in [-0.2, -0.15) is 0 Å². The molecular formula is C22H17NO3S. The molecule has 4 nitrogen and oxygen atoms in total. The Morgan fingerprint density at radius 1 is 0.963 bits per heavy atom. The van der Waals surface area contributed by atoms with Crippen molar-refractivity contribution >= 4 is 22.6 Å². The highest BCUT2D eigenvalue weighted by Crippen LogP contribution is 2.30. The quantitative estimate of drug-likeness (QED) is 0.673. The first-order valence-corrected chi connectivity index (χ1v) is 9.74. The lowest BCUT2D eigenvalue weighted by Crippen LogP contribution is -2.03. The lowest BCUT2D eigenvalue weighted by molar-refractivity contribution is 0.0697. The zero-order chi connectivity index (χ0) is 19.2. The van der Waals surface area contributed by atoms with E-state index < -0.39 is 17.0 Å². The minimum absolute atomic E-state index is 0.171. The summed E-state index contributed by atoms with van der Waals surface area (Å²) in [5.74, 6) is 5.14. The summed E-state index contributed by atoms with van der Waals surface area (Å²) in [7, 11) is -1.22. The standard InChI is InChI=1S/C22H17NO3S/c1-27(26)23-19-11-5-10-18(15-19)21-17(9-6-12-20(21)22(24)25)14-13-16-7-3-2-4-8-16/h2-12,15,23H,1H3,(H,24,25). The molecule has 3 aromatic carbocycles. The van der Waals surface area contributed by atoms with Crippen molar-refractivity contribution in [3.8, 4) is 23.0 Å². The van der Waals surface area contributed by atoms with Crippen LogP contribution in [0.5, 0.6) is 0 Å². The molecule has 0 aromatic heterocycles. The van der Waals surface area contributed by atoms with Crippen LogP contribution in [0.2, 0.25) is 0 Å². The number of hydrogen-bond acceptors (Lipinski definition) is 2. The molecule has 0 aliphatic rings. The van der Waals surface area contributed by atoms with E-state index in [4.69, 9.17) is 0 Å². The topological polar surface area (TPSA) is 66.4 Å². The van der Waals surface area contributed by atoms with Crippen LogP contribution < -0.4 is 4.72 Å². The van der Waals surface area contributed by atoms with Gasteiger partial charge in [0.2, 0.25) is 0 Å². The molecule has 1 atom stereocenters. The maximum atomic E-state index is 11.8. The second-order valence-electron chi connectivity index (χ2n) is 5.79. The summed E-state index contributed by atoms with van der Waals surface area (Å²) >= 11 is 0. The molecule has 27 heavy (non-hydrogen) atoms. The molecule has 0 saturated heterocycles. The van der Waals surface area contributed by atoms with E-state index in [1.54, 1.807) is 36.4 Å². The van der Waals surface area contributed by atoms with Gasteiger partial charge in [-0.05, 0) is 42.0 Å². The predicted molar refractivity (Wildman–Crippen MR) is 109 cm³/mol. The van der Waals surface area contributed by atoms with Gasteiger partial charge in [0.1, 0.15) is 11.0 Å². The van der Waals surface area contributed by atoms with Crippen LogP contribution in [0.3, 0.4) is 0 Å². The van der Waals surface area contributed by atoms with Crippen molar-refractivity contribution in [3.05, 3.63) is 89.5 Å². The zero-order valence-corrected chi connectivity index (χ0v) is 15.4. The molecule has 1 unspecified atom stereocenters. The van der Waals surface area contributed by atoms with Crippen LogP contribution in [-0.4, -0.2) is 21.5 Å². The van der Waals surface area contributed by atoms with E-state index in [9.17, 15) is 14.1 Å². The van der Waals surface area contributed by atoms with Gasteiger partial charge in [-0.3, -0.25) is 0 Å². The third kappa shape index (κ3) is 4.63. The number of carbonyl (C=O) groups is 1. The molecule has 0 aliphatic carbocycles. The minimum atomic E-state index is -1.22. The first-order valence-electron chi connectivity index (χ1n) is 8.18. The molecule has 0 heterocycles. The van der Waals surface area contributed by atoms with E-state index in [1.165, 1.54) is 6.26 Å². The minimum Gasteiger partial charge on any atom is -0.478 e. The van der Waals surface area contributed by atoms with Crippen molar-refractivity contribution in [2.24, 2.45) is 0 Å². The fraction of sp³-hybridized carbons (Fsp3) is 0.0455. The Hall–Kier alpha value is -3.36. The van der Waals surface area contributed by atoms with Crippen LogP contribution in [0, 0.1) is 11.8 Å². The lowest BCUT2D eigenvalue weighted by Gasteiger charge is -2.11. The van der Waals surface area contributed by atoms with Crippen LogP contribution in [-0.2, 0) is 11.0 Å². The molecule has 0 fully saturated rings. The van der Waals surface area contributed by atoms with Crippen LogP contribution in [0.15, 0.2) is 72.8 Å². The summed E-state index contributed by atoms with van der Waals surface area (Å²) < 4.78 is 14.3. The van der Waals surface area contributed by atoms with E-state index in [-0.39, 0.29) is 5.56 Å². The normalized spacial score (nSPS) is 11.1. The molecule has 134 valence electrons. The summed E-state index contributed by atoms with van der Waals surface area (Å²) in [6.45, 7) is 0. The first kappa shape index (κ1) is 18.4. The number of carboxylic acid groups (broad SMARTS) is 1. The predicted octanol–water partition coefficient (Wildman–Crippen LogP) is 4.16. The van der Waals surface area contributed by atoms with Gasteiger partial charge >= 0.3 is 5.97 Å². The molecule has 0 aliphatic heterocycles. The fourth-order valence-corrected chi connectivity index (χ4v) is 3.17. The highest BCUT2D eigenvalue weighted by molar-refractivity contribution is 7.85. The third-order valence-corrected chi connectivity index (χ3v) is 4.35. The van der Waals surface area contributed by atoms with Gasteiger partial charge < -0.3 is 9.83 Å². The fourth-order valence-electron chi connectivity index (χ4n) is 2.71. The molecule has 5 heteroatoms. The summed E-state index contributed by atoms with van der Waals surface area (Å²) in [4.78, 5) is 11.8. The number of rotatable bonds is 4. The number of hydrogen-bond donors (Lipinski definition) is 2. The van der Waals surface area contributed by atoms with Crippen LogP contribution in [0.4, 0.5) is 5.69 Å². The Kier molecular flexibility index (Phi) is 5.70. The highest BCUT2D eigenvalue weighted by atomic mass is 32.2. The Morgan fingerprint density at radius 3 is 2.41 bits per heavy atom. The van der Waals surface area contributed by atoms with E-state index in [0.29, 0.717) is 22.4 Å². The molecular weight excluding hydrogens is 358 g/mol. The van der Waals surface area contributed by atoms with Crippen LogP contribution in [0.25, 0.3) is 11.1 Å². The summed E-state index contributed by atoms with van der Waals surface area (Å²) in [6, 6.07) is 21.7. The molecule has 3 rings (SSSR count). The molecule has 3 aromatic rings. The van der Waals surface area contributed by atoms with Crippen molar-refractivity contribution in [1.29, 1.82) is 0 Å². The van der Waals surface area contributed by atoms with Crippen molar-refractivity contribution in [2.45, 2.75) is 0 Å². The lowest BCUT2D eigenvalue weighted by atomic mass is 9.94. The van der Waals surface area contributed by atoms with Crippen molar-refractivity contribution < 1.29 is 14.1 Å². The Balaban J connectivity index is 2.15. The number of nitrogens with one attached hydrogen (secondary N) is 1. The third-order valence-electron chi connectivity index (χ3n) is 3.82. The molecule has 0 amide bonds. The summed E-state index contributed by atoms with van der Waals surface area (Å²) in [5.41, 5.74) is 3.52. The number of benzene rings is 3. The summed E-state index contributed by atoms with van der Waals surface area (Å²) in [6.07, 6.45) is 1.54.